The van der Waals surface area contributed by atoms with E-state index in [0.29, 0.717) is 12.3 Å². The van der Waals surface area contributed by atoms with E-state index in [1.165, 1.54) is 70.6 Å². The van der Waals surface area contributed by atoms with Crippen LogP contribution in [0.5, 0.6) is 0 Å². The van der Waals surface area contributed by atoms with E-state index in [-0.39, 0.29) is 12.1 Å². The van der Waals surface area contributed by atoms with Gasteiger partial charge in [0.1, 0.15) is 6.10 Å². The lowest BCUT2D eigenvalue weighted by Crippen LogP contribution is -2.20. The summed E-state index contributed by atoms with van der Waals surface area (Å²) in [5.74, 6) is 0.652. The lowest BCUT2D eigenvalue weighted by molar-refractivity contribution is -0.143. The fourth-order valence-electron chi connectivity index (χ4n) is 3.24. The zero-order chi connectivity index (χ0) is 14.6. The van der Waals surface area contributed by atoms with Crippen molar-refractivity contribution < 1.29 is 9.53 Å². The van der Waals surface area contributed by atoms with Crippen LogP contribution in [-0.2, 0) is 9.53 Å². The van der Waals surface area contributed by atoms with E-state index in [9.17, 15) is 4.79 Å². The topological polar surface area (TPSA) is 26.3 Å². The smallest absolute Gasteiger partial charge is 0.306 e. The fraction of sp³-hybridized carbons (Fsp3) is 0.944. The first-order valence-electron chi connectivity index (χ1n) is 8.97. The molecule has 2 unspecified atom stereocenters. The van der Waals surface area contributed by atoms with Gasteiger partial charge in [0, 0.05) is 6.42 Å². The van der Waals surface area contributed by atoms with Crippen LogP contribution in [0.15, 0.2) is 0 Å². The number of unbranched alkanes of at least 4 members (excludes halogenated alkanes) is 7. The molecule has 0 radical (unpaired) electrons. The number of ether oxygens (including phenoxy) is 1. The Hall–Kier alpha value is -0.530. The fourth-order valence-corrected chi connectivity index (χ4v) is 3.24. The van der Waals surface area contributed by atoms with Crippen molar-refractivity contribution in [1.29, 1.82) is 0 Å². The van der Waals surface area contributed by atoms with Crippen molar-refractivity contribution in [3.8, 4) is 0 Å². The van der Waals surface area contributed by atoms with Gasteiger partial charge >= 0.3 is 5.97 Å². The quantitative estimate of drug-likeness (QED) is 0.342. The van der Waals surface area contributed by atoms with Gasteiger partial charge in [0.25, 0.3) is 0 Å². The van der Waals surface area contributed by atoms with Crippen molar-refractivity contribution >= 4 is 5.97 Å². The highest BCUT2D eigenvalue weighted by molar-refractivity contribution is 5.71. The molecule has 1 aliphatic heterocycles. The second-order valence-electron chi connectivity index (χ2n) is 6.38. The monoisotopic (exact) mass is 282 g/mol. The summed E-state index contributed by atoms with van der Waals surface area (Å²) in [4.78, 5) is 11.3. The summed E-state index contributed by atoms with van der Waals surface area (Å²) in [6, 6.07) is 0. The Bertz CT molecular complexity index is 250. The van der Waals surface area contributed by atoms with E-state index >= 15 is 0 Å². The lowest BCUT2D eigenvalue weighted by Gasteiger charge is -2.22. The molecule has 0 amide bonds. The van der Waals surface area contributed by atoms with Crippen LogP contribution in [0, 0.1) is 5.92 Å². The largest absolute Gasteiger partial charge is 0.462 e. The number of cyclic esters (lactones) is 1. The van der Waals surface area contributed by atoms with Gasteiger partial charge in [-0.25, -0.2) is 0 Å². The third-order valence-corrected chi connectivity index (χ3v) is 4.55. The molecule has 0 bridgehead atoms. The van der Waals surface area contributed by atoms with Crippen LogP contribution in [0.25, 0.3) is 0 Å². The van der Waals surface area contributed by atoms with Crippen LogP contribution in [0.1, 0.15) is 97.3 Å². The molecule has 1 heterocycles. The van der Waals surface area contributed by atoms with E-state index < -0.39 is 0 Å². The highest BCUT2D eigenvalue weighted by Crippen LogP contribution is 2.29. The number of esters is 1. The Kier molecular flexibility index (Phi) is 9.78. The first kappa shape index (κ1) is 17.5. The summed E-state index contributed by atoms with van der Waals surface area (Å²) >= 11 is 0. The summed E-state index contributed by atoms with van der Waals surface area (Å²) in [6.07, 6.45) is 16.3. The minimum atomic E-state index is 0.0274. The van der Waals surface area contributed by atoms with E-state index in [1.54, 1.807) is 0 Å². The molecule has 1 rings (SSSR count). The Labute approximate surface area is 125 Å². The van der Waals surface area contributed by atoms with Crippen molar-refractivity contribution in [2.75, 3.05) is 0 Å². The predicted octanol–water partition coefficient (Wildman–Crippen LogP) is 5.64. The first-order valence-corrected chi connectivity index (χ1v) is 8.97. The Morgan fingerprint density at radius 1 is 0.950 bits per heavy atom. The number of rotatable bonds is 12. The van der Waals surface area contributed by atoms with Crippen molar-refractivity contribution in [3.63, 3.8) is 0 Å². The van der Waals surface area contributed by atoms with Crippen molar-refractivity contribution in [1.82, 2.24) is 0 Å². The maximum atomic E-state index is 11.3. The minimum absolute atomic E-state index is 0.0274. The molecule has 0 aromatic carbocycles. The molecule has 2 nitrogen and oxygen atoms in total. The molecule has 0 saturated carbocycles. The molecule has 1 saturated heterocycles. The minimum Gasteiger partial charge on any atom is -0.462 e. The van der Waals surface area contributed by atoms with Crippen LogP contribution in [-0.4, -0.2) is 12.1 Å². The van der Waals surface area contributed by atoms with E-state index in [4.69, 9.17) is 4.74 Å². The normalized spacial score (nSPS) is 20.1. The van der Waals surface area contributed by atoms with Crippen molar-refractivity contribution in [3.05, 3.63) is 0 Å². The average molecular weight is 282 g/mol. The molecule has 0 aliphatic carbocycles. The molecule has 2 atom stereocenters. The van der Waals surface area contributed by atoms with Crippen LogP contribution in [0.4, 0.5) is 0 Å². The average Bonchev–Trinajstić information content (AvgIpc) is 2.87. The summed E-state index contributed by atoms with van der Waals surface area (Å²) in [7, 11) is 0. The molecular formula is C18H34O2. The molecule has 0 aromatic heterocycles. The molecule has 0 N–H and O–H groups in total. The standard InChI is InChI=1S/C18H34O2/c1-3-5-7-9-11-13-16(12-10-8-6-4-2)17-14-15-18(19)20-17/h16-17H,3-15H2,1-2H3. The highest BCUT2D eigenvalue weighted by Gasteiger charge is 2.30. The second kappa shape index (κ2) is 11.2. The Balaban J connectivity index is 2.24. The highest BCUT2D eigenvalue weighted by atomic mass is 16.5. The van der Waals surface area contributed by atoms with Crippen molar-refractivity contribution in [2.24, 2.45) is 5.92 Å². The SMILES string of the molecule is CCCCCCCC(CCCCCC)C1CCC(=O)O1. The van der Waals surface area contributed by atoms with Crippen LogP contribution in [0.3, 0.4) is 0 Å². The zero-order valence-electron chi connectivity index (χ0n) is 13.7. The predicted molar refractivity (Wildman–Crippen MR) is 84.7 cm³/mol. The summed E-state index contributed by atoms with van der Waals surface area (Å²) in [5.41, 5.74) is 0. The number of hydrogen-bond acceptors (Lipinski definition) is 2. The molecule has 2 heteroatoms. The van der Waals surface area contributed by atoms with Crippen LogP contribution < -0.4 is 0 Å². The van der Waals surface area contributed by atoms with Crippen molar-refractivity contribution in [2.45, 2.75) is 103 Å². The Morgan fingerprint density at radius 2 is 1.50 bits per heavy atom. The number of hydrogen-bond donors (Lipinski definition) is 0. The molecular weight excluding hydrogens is 248 g/mol. The maximum Gasteiger partial charge on any atom is 0.306 e. The Morgan fingerprint density at radius 3 is 2.00 bits per heavy atom. The third kappa shape index (κ3) is 7.31. The zero-order valence-corrected chi connectivity index (χ0v) is 13.7. The van der Waals surface area contributed by atoms with Crippen LogP contribution in [0.2, 0.25) is 0 Å². The van der Waals surface area contributed by atoms with Gasteiger partial charge in [0.2, 0.25) is 0 Å². The summed E-state index contributed by atoms with van der Waals surface area (Å²) in [5, 5.41) is 0. The van der Waals surface area contributed by atoms with Gasteiger partial charge in [0.05, 0.1) is 0 Å². The molecule has 1 fully saturated rings. The van der Waals surface area contributed by atoms with E-state index in [0.717, 1.165) is 6.42 Å². The number of carbonyl (C=O) groups is 1. The summed E-state index contributed by atoms with van der Waals surface area (Å²) < 4.78 is 5.52. The number of carbonyl (C=O) groups excluding carboxylic acids is 1. The van der Waals surface area contributed by atoms with Crippen LogP contribution >= 0.6 is 0 Å². The molecule has 0 spiro atoms. The van der Waals surface area contributed by atoms with Gasteiger partial charge < -0.3 is 4.74 Å². The van der Waals surface area contributed by atoms with Gasteiger partial charge in [-0.15, -0.1) is 0 Å². The lowest BCUT2D eigenvalue weighted by atomic mass is 9.88. The van der Waals surface area contributed by atoms with Gasteiger partial charge in [-0.3, -0.25) is 4.79 Å². The second-order valence-corrected chi connectivity index (χ2v) is 6.38. The third-order valence-electron chi connectivity index (χ3n) is 4.55. The molecule has 1 aliphatic rings. The van der Waals surface area contributed by atoms with Gasteiger partial charge in [-0.05, 0) is 25.2 Å². The molecule has 118 valence electrons. The molecule has 20 heavy (non-hydrogen) atoms. The van der Waals surface area contributed by atoms with E-state index in [1.807, 2.05) is 0 Å². The first-order chi connectivity index (χ1) is 9.77. The molecule has 0 aromatic rings. The maximum absolute atomic E-state index is 11.3. The summed E-state index contributed by atoms with van der Waals surface area (Å²) in [6.45, 7) is 4.51. The van der Waals surface area contributed by atoms with Gasteiger partial charge in [-0.1, -0.05) is 71.6 Å². The van der Waals surface area contributed by atoms with Gasteiger partial charge in [0.15, 0.2) is 0 Å². The van der Waals surface area contributed by atoms with Gasteiger partial charge in [-0.2, -0.15) is 0 Å². The van der Waals surface area contributed by atoms with E-state index in [2.05, 4.69) is 13.8 Å².